The number of aromatic amines is 1. The minimum Gasteiger partial charge on any atom is -0.479 e. The van der Waals surface area contributed by atoms with E-state index in [0.717, 1.165) is 30.2 Å². The molecule has 0 spiro atoms. The van der Waals surface area contributed by atoms with Crippen LogP contribution < -0.4 is 10.1 Å². The monoisotopic (exact) mass is 267 g/mol. The first kappa shape index (κ1) is 12.5. The lowest BCUT2D eigenvalue weighted by Gasteiger charge is -2.05. The lowest BCUT2D eigenvalue weighted by Crippen LogP contribution is -2.08. The number of rotatable bonds is 6. The Labute approximate surface area is 117 Å². The Kier molecular flexibility index (Phi) is 3.83. The molecule has 0 saturated heterocycles. The molecule has 0 amide bonds. The van der Waals surface area contributed by atoms with Gasteiger partial charge in [0, 0.05) is 29.7 Å². The highest BCUT2D eigenvalue weighted by molar-refractivity contribution is 5.81. The molecule has 0 saturated carbocycles. The first-order valence-electron chi connectivity index (χ1n) is 6.77. The van der Waals surface area contributed by atoms with Gasteiger partial charge >= 0.3 is 0 Å². The maximum atomic E-state index is 5.71. The van der Waals surface area contributed by atoms with Gasteiger partial charge in [0.15, 0.2) is 5.88 Å². The van der Waals surface area contributed by atoms with Crippen LogP contribution in [0.1, 0.15) is 6.42 Å². The van der Waals surface area contributed by atoms with Gasteiger partial charge in [0.1, 0.15) is 5.82 Å². The molecule has 20 heavy (non-hydrogen) atoms. The molecule has 2 N–H and O–H groups in total. The van der Waals surface area contributed by atoms with E-state index in [-0.39, 0.29) is 0 Å². The van der Waals surface area contributed by atoms with E-state index in [2.05, 4.69) is 21.4 Å². The fraction of sp³-hybridized carbons (Fsp3) is 0.188. The summed E-state index contributed by atoms with van der Waals surface area (Å²) >= 11 is 0. The van der Waals surface area contributed by atoms with Gasteiger partial charge < -0.3 is 15.0 Å². The standard InChI is InChI=1S/C16H17N3O/c1-2-7-14-13(6-1)12-16(19-14)20-11-5-10-18-15-8-3-4-9-17-15/h1-4,6-9,12,19H,5,10-11H2,(H,17,18). The van der Waals surface area contributed by atoms with E-state index >= 15 is 0 Å². The summed E-state index contributed by atoms with van der Waals surface area (Å²) in [6, 6.07) is 16.0. The Hall–Kier alpha value is -2.49. The summed E-state index contributed by atoms with van der Waals surface area (Å²) in [5.74, 6) is 1.72. The third kappa shape index (κ3) is 3.09. The summed E-state index contributed by atoms with van der Waals surface area (Å²) in [7, 11) is 0. The van der Waals surface area contributed by atoms with Crippen molar-refractivity contribution in [2.45, 2.75) is 6.42 Å². The molecule has 0 atom stereocenters. The molecule has 4 heteroatoms. The lowest BCUT2D eigenvalue weighted by molar-refractivity contribution is 0.305. The zero-order valence-electron chi connectivity index (χ0n) is 11.2. The second kappa shape index (κ2) is 6.10. The highest BCUT2D eigenvalue weighted by Crippen LogP contribution is 2.19. The van der Waals surface area contributed by atoms with Crippen LogP contribution in [0, 0.1) is 0 Å². The average molecular weight is 267 g/mol. The van der Waals surface area contributed by atoms with Gasteiger partial charge in [-0.2, -0.15) is 0 Å². The third-order valence-corrected chi connectivity index (χ3v) is 3.05. The molecular formula is C16H17N3O. The molecule has 3 rings (SSSR count). The van der Waals surface area contributed by atoms with Crippen molar-refractivity contribution in [1.82, 2.24) is 9.97 Å². The van der Waals surface area contributed by atoms with Crippen LogP contribution in [0.25, 0.3) is 10.9 Å². The van der Waals surface area contributed by atoms with Gasteiger partial charge in [-0.3, -0.25) is 0 Å². The first-order chi connectivity index (χ1) is 9.92. The Bertz CT molecular complexity index is 631. The van der Waals surface area contributed by atoms with Gasteiger partial charge in [-0.25, -0.2) is 4.98 Å². The Balaban J connectivity index is 1.43. The molecule has 2 aromatic heterocycles. The molecule has 0 unspecified atom stereocenters. The summed E-state index contributed by atoms with van der Waals surface area (Å²) in [5.41, 5.74) is 1.11. The Morgan fingerprint density at radius 2 is 2.00 bits per heavy atom. The van der Waals surface area contributed by atoms with E-state index in [1.807, 2.05) is 42.5 Å². The molecule has 102 valence electrons. The lowest BCUT2D eigenvalue weighted by atomic mass is 10.3. The number of para-hydroxylation sites is 1. The SMILES string of the molecule is c1ccc(NCCCOc2cc3ccccc3[nH]2)nc1. The van der Waals surface area contributed by atoms with E-state index in [1.165, 1.54) is 5.39 Å². The van der Waals surface area contributed by atoms with Crippen molar-refractivity contribution in [2.75, 3.05) is 18.5 Å². The second-order valence-electron chi connectivity index (χ2n) is 4.56. The summed E-state index contributed by atoms with van der Waals surface area (Å²) in [5, 5.41) is 4.43. The van der Waals surface area contributed by atoms with E-state index in [0.29, 0.717) is 6.61 Å². The van der Waals surface area contributed by atoms with E-state index < -0.39 is 0 Å². The summed E-state index contributed by atoms with van der Waals surface area (Å²) in [6.45, 7) is 1.52. The van der Waals surface area contributed by atoms with Crippen molar-refractivity contribution in [3.63, 3.8) is 0 Å². The van der Waals surface area contributed by atoms with Crippen LogP contribution in [0.5, 0.6) is 5.88 Å². The van der Waals surface area contributed by atoms with E-state index in [9.17, 15) is 0 Å². The first-order valence-corrected chi connectivity index (χ1v) is 6.77. The van der Waals surface area contributed by atoms with Crippen molar-refractivity contribution in [1.29, 1.82) is 0 Å². The van der Waals surface area contributed by atoms with Gasteiger partial charge in [0.2, 0.25) is 0 Å². The fourth-order valence-electron chi connectivity index (χ4n) is 2.06. The summed E-state index contributed by atoms with van der Waals surface area (Å²) in [6.07, 6.45) is 2.70. The Morgan fingerprint density at radius 1 is 1.10 bits per heavy atom. The average Bonchev–Trinajstić information content (AvgIpc) is 2.90. The number of fused-ring (bicyclic) bond motifs is 1. The summed E-state index contributed by atoms with van der Waals surface area (Å²) in [4.78, 5) is 7.45. The smallest absolute Gasteiger partial charge is 0.191 e. The maximum Gasteiger partial charge on any atom is 0.191 e. The largest absolute Gasteiger partial charge is 0.479 e. The molecule has 0 aliphatic carbocycles. The number of anilines is 1. The number of aromatic nitrogens is 2. The second-order valence-corrected chi connectivity index (χ2v) is 4.56. The normalized spacial score (nSPS) is 10.6. The minimum absolute atomic E-state index is 0.673. The third-order valence-electron chi connectivity index (χ3n) is 3.05. The van der Waals surface area contributed by atoms with Gasteiger partial charge in [-0.05, 0) is 24.6 Å². The molecule has 4 nitrogen and oxygen atoms in total. The minimum atomic E-state index is 0.673. The number of ether oxygens (including phenoxy) is 1. The fourth-order valence-corrected chi connectivity index (χ4v) is 2.06. The van der Waals surface area contributed by atoms with Crippen LogP contribution >= 0.6 is 0 Å². The number of benzene rings is 1. The van der Waals surface area contributed by atoms with E-state index in [1.54, 1.807) is 6.20 Å². The molecule has 2 heterocycles. The molecule has 0 aliphatic heterocycles. The predicted octanol–water partition coefficient (Wildman–Crippen LogP) is 3.44. The van der Waals surface area contributed by atoms with Crippen LogP contribution in [0.15, 0.2) is 54.7 Å². The molecule has 3 aromatic rings. The predicted molar refractivity (Wildman–Crippen MR) is 81.1 cm³/mol. The van der Waals surface area contributed by atoms with Gasteiger partial charge in [0.05, 0.1) is 6.61 Å². The maximum absolute atomic E-state index is 5.71. The van der Waals surface area contributed by atoms with Crippen LogP contribution in [-0.2, 0) is 0 Å². The van der Waals surface area contributed by atoms with Crippen molar-refractivity contribution < 1.29 is 4.74 Å². The van der Waals surface area contributed by atoms with Crippen molar-refractivity contribution in [2.24, 2.45) is 0 Å². The highest BCUT2D eigenvalue weighted by atomic mass is 16.5. The number of H-pyrrole nitrogens is 1. The Morgan fingerprint density at radius 3 is 2.85 bits per heavy atom. The molecule has 0 bridgehead atoms. The summed E-state index contributed by atoms with van der Waals surface area (Å²) < 4.78 is 5.71. The number of hydrogen-bond acceptors (Lipinski definition) is 3. The topological polar surface area (TPSA) is 49.9 Å². The van der Waals surface area contributed by atoms with Crippen LogP contribution in [0.2, 0.25) is 0 Å². The highest BCUT2D eigenvalue weighted by Gasteiger charge is 2.00. The van der Waals surface area contributed by atoms with Crippen molar-refractivity contribution in [3.05, 3.63) is 54.7 Å². The van der Waals surface area contributed by atoms with Gasteiger partial charge in [-0.1, -0.05) is 24.3 Å². The quantitative estimate of drug-likeness (QED) is 0.673. The zero-order chi connectivity index (χ0) is 13.6. The van der Waals surface area contributed by atoms with Crippen LogP contribution in [0.3, 0.4) is 0 Å². The van der Waals surface area contributed by atoms with Gasteiger partial charge in [0.25, 0.3) is 0 Å². The zero-order valence-corrected chi connectivity index (χ0v) is 11.2. The number of nitrogens with zero attached hydrogens (tertiary/aromatic N) is 1. The van der Waals surface area contributed by atoms with Gasteiger partial charge in [-0.15, -0.1) is 0 Å². The molecule has 0 fully saturated rings. The molecule has 1 aromatic carbocycles. The number of hydrogen-bond donors (Lipinski definition) is 2. The van der Waals surface area contributed by atoms with Crippen LogP contribution in [0.4, 0.5) is 5.82 Å². The molecule has 0 radical (unpaired) electrons. The van der Waals surface area contributed by atoms with Crippen LogP contribution in [-0.4, -0.2) is 23.1 Å². The van der Waals surface area contributed by atoms with Crippen molar-refractivity contribution >= 4 is 16.7 Å². The number of nitrogens with one attached hydrogen (secondary N) is 2. The van der Waals surface area contributed by atoms with E-state index in [4.69, 9.17) is 4.74 Å². The number of pyridine rings is 1. The molecular weight excluding hydrogens is 250 g/mol. The van der Waals surface area contributed by atoms with Crippen molar-refractivity contribution in [3.8, 4) is 5.88 Å². The molecule has 0 aliphatic rings.